The average Bonchev–Trinajstić information content (AvgIpc) is 3.14. The second-order valence-corrected chi connectivity index (χ2v) is 8.24. The van der Waals surface area contributed by atoms with Gasteiger partial charge in [0.05, 0.1) is 5.70 Å². The molecular formula is C22H25N3O3S. The monoisotopic (exact) mass is 411 g/mol. The van der Waals surface area contributed by atoms with Crippen LogP contribution >= 0.6 is 11.8 Å². The molecule has 0 saturated carbocycles. The van der Waals surface area contributed by atoms with Crippen LogP contribution in [0.2, 0.25) is 0 Å². The van der Waals surface area contributed by atoms with Gasteiger partial charge in [-0.1, -0.05) is 35.9 Å². The van der Waals surface area contributed by atoms with Crippen LogP contribution in [0.15, 0.2) is 59.5 Å². The number of rotatable bonds is 4. The highest BCUT2D eigenvalue weighted by Crippen LogP contribution is 2.34. The third-order valence-corrected chi connectivity index (χ3v) is 5.96. The van der Waals surface area contributed by atoms with E-state index in [4.69, 9.17) is 9.68 Å². The lowest BCUT2D eigenvalue weighted by Gasteiger charge is -2.35. The van der Waals surface area contributed by atoms with Crippen molar-refractivity contribution in [1.29, 1.82) is 0 Å². The third-order valence-electron chi connectivity index (χ3n) is 5.23. The van der Waals surface area contributed by atoms with Crippen molar-refractivity contribution in [2.75, 3.05) is 24.7 Å². The zero-order valence-corrected chi connectivity index (χ0v) is 17.4. The first kappa shape index (κ1) is 19.8. The van der Waals surface area contributed by atoms with Crippen LogP contribution in [0.4, 0.5) is 10.5 Å². The van der Waals surface area contributed by atoms with Crippen LogP contribution in [0, 0.1) is 6.92 Å². The average molecular weight is 412 g/mol. The number of aryl methyl sites for hydroxylation is 1. The number of hydrogen-bond donors (Lipinski definition) is 2. The normalized spacial score (nSPS) is 18.2. The molecule has 0 atom stereocenters. The molecule has 2 aliphatic heterocycles. The van der Waals surface area contributed by atoms with Crippen molar-refractivity contribution in [3.8, 4) is 0 Å². The number of hydroxylamine groups is 3. The number of benzene rings is 2. The summed E-state index contributed by atoms with van der Waals surface area (Å²) in [5.41, 5.74) is 6.77. The van der Waals surface area contributed by atoms with Crippen LogP contribution in [0.1, 0.15) is 24.0 Å². The molecule has 0 bridgehead atoms. The summed E-state index contributed by atoms with van der Waals surface area (Å²) < 4.78 is 0. The van der Waals surface area contributed by atoms with Crippen molar-refractivity contribution in [3.63, 3.8) is 0 Å². The number of nitrogens with zero attached hydrogens (tertiary/aromatic N) is 1. The Hall–Kier alpha value is -2.48. The second kappa shape index (κ2) is 8.49. The minimum atomic E-state index is -0.472. The van der Waals surface area contributed by atoms with Gasteiger partial charge in [0.25, 0.3) is 0 Å². The summed E-state index contributed by atoms with van der Waals surface area (Å²) in [5.74, 6) is 0. The summed E-state index contributed by atoms with van der Waals surface area (Å²) in [7, 11) is 0. The van der Waals surface area contributed by atoms with Gasteiger partial charge >= 0.3 is 6.09 Å². The molecule has 2 aromatic carbocycles. The van der Waals surface area contributed by atoms with E-state index in [1.54, 1.807) is 16.8 Å². The van der Waals surface area contributed by atoms with Crippen LogP contribution in [-0.4, -0.2) is 36.1 Å². The summed E-state index contributed by atoms with van der Waals surface area (Å²) in [6.07, 6.45) is 5.17. The molecule has 2 heterocycles. The van der Waals surface area contributed by atoms with E-state index in [2.05, 4.69) is 48.1 Å². The molecule has 7 heteroatoms. The maximum atomic E-state index is 12.2. The van der Waals surface area contributed by atoms with Crippen molar-refractivity contribution in [1.82, 2.24) is 10.5 Å². The molecule has 4 rings (SSSR count). The fourth-order valence-electron chi connectivity index (χ4n) is 3.52. The van der Waals surface area contributed by atoms with Crippen LogP contribution in [0.25, 0.3) is 5.70 Å². The van der Waals surface area contributed by atoms with Gasteiger partial charge < -0.3 is 4.84 Å². The Kier molecular flexibility index (Phi) is 5.80. The van der Waals surface area contributed by atoms with E-state index < -0.39 is 6.09 Å². The molecule has 0 aliphatic carbocycles. The summed E-state index contributed by atoms with van der Waals surface area (Å²) in [6.45, 7) is 3.29. The minimum absolute atomic E-state index is 0.358. The summed E-state index contributed by atoms with van der Waals surface area (Å²) in [4.78, 5) is 24.7. The molecule has 1 spiro atoms. The highest BCUT2D eigenvalue weighted by Gasteiger charge is 2.39. The van der Waals surface area contributed by atoms with Gasteiger partial charge in [0.2, 0.25) is 0 Å². The minimum Gasteiger partial charge on any atom is -0.351 e. The first-order valence-electron chi connectivity index (χ1n) is 9.67. The highest BCUT2D eigenvalue weighted by molar-refractivity contribution is 7.98. The number of carbonyl (C=O) groups is 1. The summed E-state index contributed by atoms with van der Waals surface area (Å²) in [5, 5.41) is 4.48. The molecule has 1 fully saturated rings. The van der Waals surface area contributed by atoms with E-state index in [1.807, 2.05) is 30.5 Å². The van der Waals surface area contributed by atoms with Gasteiger partial charge in [0.15, 0.2) is 0 Å². The van der Waals surface area contributed by atoms with Crippen molar-refractivity contribution in [3.05, 3.63) is 65.7 Å². The topological polar surface area (TPSA) is 62.8 Å². The first-order chi connectivity index (χ1) is 14.0. The molecule has 2 aromatic rings. The number of thioether (sulfide) groups is 1. The largest absolute Gasteiger partial charge is 0.430 e. The van der Waals surface area contributed by atoms with E-state index in [0.29, 0.717) is 13.1 Å². The van der Waals surface area contributed by atoms with E-state index >= 15 is 0 Å². The van der Waals surface area contributed by atoms with Crippen molar-refractivity contribution in [2.45, 2.75) is 30.3 Å². The number of amides is 1. The Morgan fingerprint density at radius 1 is 1.21 bits per heavy atom. The van der Waals surface area contributed by atoms with E-state index in [0.717, 1.165) is 34.7 Å². The standard InChI is InChI=1S/C22H25N3O3S/c1-16-6-8-17(9-7-16)20-15-22(28-24-20)10-12-25(13-11-22)27-21(26)23-18-4-3-5-19(14-18)29-2/h3-9,14-15,24H,10-13H2,1-2H3,(H,23,26). The number of anilines is 1. The Morgan fingerprint density at radius 2 is 1.97 bits per heavy atom. The second-order valence-electron chi connectivity index (χ2n) is 7.36. The maximum Gasteiger partial charge on any atom is 0.430 e. The maximum absolute atomic E-state index is 12.2. The molecular weight excluding hydrogens is 386 g/mol. The molecule has 0 aromatic heterocycles. The highest BCUT2D eigenvalue weighted by atomic mass is 32.2. The van der Waals surface area contributed by atoms with Crippen LogP contribution in [-0.2, 0) is 9.68 Å². The SMILES string of the molecule is CSc1cccc(NC(=O)ON2CCC3(C=C(c4ccc(C)cc4)NO3)CC2)c1. The Balaban J connectivity index is 1.31. The lowest BCUT2D eigenvalue weighted by molar-refractivity contribution is -0.153. The van der Waals surface area contributed by atoms with Crippen molar-refractivity contribution in [2.24, 2.45) is 0 Å². The summed E-state index contributed by atoms with van der Waals surface area (Å²) in [6, 6.07) is 16.0. The van der Waals surface area contributed by atoms with Gasteiger partial charge in [-0.25, -0.2) is 4.79 Å². The molecule has 0 radical (unpaired) electrons. The van der Waals surface area contributed by atoms with Crippen LogP contribution in [0.5, 0.6) is 0 Å². The predicted octanol–water partition coefficient (Wildman–Crippen LogP) is 4.59. The molecule has 1 saturated heterocycles. The number of hydrogen-bond acceptors (Lipinski definition) is 6. The van der Waals surface area contributed by atoms with Gasteiger partial charge in [-0.05, 0) is 55.9 Å². The van der Waals surface area contributed by atoms with Crippen LogP contribution < -0.4 is 10.8 Å². The van der Waals surface area contributed by atoms with Gasteiger partial charge in [0, 0.05) is 23.7 Å². The van der Waals surface area contributed by atoms with Gasteiger partial charge in [-0.2, -0.15) is 0 Å². The molecule has 2 aliphatic rings. The van der Waals surface area contributed by atoms with Gasteiger partial charge in [-0.15, -0.1) is 16.8 Å². The zero-order chi connectivity index (χ0) is 20.3. The van der Waals surface area contributed by atoms with Crippen molar-refractivity contribution < 1.29 is 14.5 Å². The first-order valence-corrected chi connectivity index (χ1v) is 10.9. The molecule has 0 unspecified atom stereocenters. The fraction of sp³-hybridized carbons (Fsp3) is 0.318. The molecule has 29 heavy (non-hydrogen) atoms. The quantitative estimate of drug-likeness (QED) is 0.718. The van der Waals surface area contributed by atoms with Crippen LogP contribution in [0.3, 0.4) is 0 Å². The zero-order valence-electron chi connectivity index (χ0n) is 16.6. The van der Waals surface area contributed by atoms with Crippen molar-refractivity contribution >= 4 is 29.2 Å². The number of nitrogens with one attached hydrogen (secondary N) is 2. The molecule has 1 amide bonds. The van der Waals surface area contributed by atoms with E-state index in [1.165, 1.54) is 5.56 Å². The Morgan fingerprint density at radius 3 is 2.69 bits per heavy atom. The Labute approximate surface area is 175 Å². The lowest BCUT2D eigenvalue weighted by atomic mass is 9.91. The lowest BCUT2D eigenvalue weighted by Crippen LogP contribution is -2.45. The molecule has 152 valence electrons. The predicted molar refractivity (Wildman–Crippen MR) is 115 cm³/mol. The number of carbonyl (C=O) groups excluding carboxylic acids is 1. The number of piperidine rings is 1. The van der Waals surface area contributed by atoms with Gasteiger partial charge in [0.1, 0.15) is 5.60 Å². The molecule has 2 N–H and O–H groups in total. The third kappa shape index (κ3) is 4.75. The smallest absolute Gasteiger partial charge is 0.351 e. The van der Waals surface area contributed by atoms with E-state index in [-0.39, 0.29) is 5.60 Å². The fourth-order valence-corrected chi connectivity index (χ4v) is 3.97. The summed E-state index contributed by atoms with van der Waals surface area (Å²) >= 11 is 1.63. The van der Waals surface area contributed by atoms with Gasteiger partial charge in [-0.3, -0.25) is 15.6 Å². The molecule has 6 nitrogen and oxygen atoms in total. The Bertz CT molecular complexity index is 906. The van der Waals surface area contributed by atoms with E-state index in [9.17, 15) is 4.79 Å².